The Hall–Kier alpha value is -1.09. The van der Waals surface area contributed by atoms with Crippen LogP contribution in [0.4, 0.5) is 5.82 Å². The van der Waals surface area contributed by atoms with Gasteiger partial charge in [-0.15, -0.1) is 0 Å². The van der Waals surface area contributed by atoms with Crippen LogP contribution < -0.4 is 4.90 Å². The molecule has 1 aromatic rings. The third-order valence-corrected chi connectivity index (χ3v) is 3.33. The Morgan fingerprint density at radius 3 is 2.88 bits per heavy atom. The number of rotatable bonds is 5. The average molecular weight is 220 g/mol. The van der Waals surface area contributed by atoms with Gasteiger partial charge >= 0.3 is 0 Å². The van der Waals surface area contributed by atoms with Gasteiger partial charge in [-0.25, -0.2) is 4.98 Å². The van der Waals surface area contributed by atoms with Crippen LogP contribution in [-0.2, 0) is 0 Å². The van der Waals surface area contributed by atoms with Crippen LogP contribution in [0.5, 0.6) is 0 Å². The van der Waals surface area contributed by atoms with Gasteiger partial charge in [-0.1, -0.05) is 6.07 Å². The summed E-state index contributed by atoms with van der Waals surface area (Å²) in [5.74, 6) is 1.10. The second-order valence-corrected chi connectivity index (χ2v) is 4.50. The van der Waals surface area contributed by atoms with Gasteiger partial charge < -0.3 is 10.0 Å². The van der Waals surface area contributed by atoms with Crippen LogP contribution >= 0.6 is 0 Å². The minimum atomic E-state index is 0.259. The highest BCUT2D eigenvalue weighted by Gasteiger charge is 2.26. The van der Waals surface area contributed by atoms with E-state index in [9.17, 15) is 0 Å². The largest absolute Gasteiger partial charge is 0.396 e. The molecule has 1 N–H and O–H groups in total. The summed E-state index contributed by atoms with van der Waals surface area (Å²) in [5.41, 5.74) is 1.23. The lowest BCUT2D eigenvalue weighted by atomic mass is 9.91. The van der Waals surface area contributed by atoms with Crippen LogP contribution in [0.15, 0.2) is 18.3 Å². The van der Waals surface area contributed by atoms with Crippen molar-refractivity contribution in [2.45, 2.75) is 38.6 Å². The van der Waals surface area contributed by atoms with Crippen molar-refractivity contribution in [3.8, 4) is 0 Å². The van der Waals surface area contributed by atoms with Crippen molar-refractivity contribution >= 4 is 5.82 Å². The number of aryl methyl sites for hydroxylation is 1. The van der Waals surface area contributed by atoms with Crippen molar-refractivity contribution in [1.82, 2.24) is 4.98 Å². The number of hydrogen-bond donors (Lipinski definition) is 1. The van der Waals surface area contributed by atoms with E-state index in [1.165, 1.54) is 24.8 Å². The van der Waals surface area contributed by atoms with E-state index in [-0.39, 0.29) is 6.61 Å². The molecule has 0 aliphatic heterocycles. The Balaban J connectivity index is 2.13. The second kappa shape index (κ2) is 5.30. The summed E-state index contributed by atoms with van der Waals surface area (Å²) in [7, 11) is 0. The molecule has 0 spiro atoms. The maximum atomic E-state index is 8.96. The van der Waals surface area contributed by atoms with E-state index in [2.05, 4.69) is 22.9 Å². The van der Waals surface area contributed by atoms with Gasteiger partial charge in [0.15, 0.2) is 0 Å². The predicted molar refractivity (Wildman–Crippen MR) is 65.7 cm³/mol. The zero-order chi connectivity index (χ0) is 11.4. The number of aliphatic hydroxyl groups excluding tert-OH is 1. The lowest BCUT2D eigenvalue weighted by molar-refractivity contribution is 0.282. The van der Waals surface area contributed by atoms with Crippen LogP contribution in [0.25, 0.3) is 0 Å². The molecule has 1 saturated carbocycles. The van der Waals surface area contributed by atoms with Gasteiger partial charge in [0, 0.05) is 25.4 Å². The van der Waals surface area contributed by atoms with Gasteiger partial charge in [-0.2, -0.15) is 0 Å². The Labute approximate surface area is 97.1 Å². The summed E-state index contributed by atoms with van der Waals surface area (Å²) in [5, 5.41) is 8.96. The highest BCUT2D eigenvalue weighted by atomic mass is 16.3. The highest BCUT2D eigenvalue weighted by molar-refractivity contribution is 5.47. The number of aromatic nitrogens is 1. The molecule has 0 aromatic carbocycles. The van der Waals surface area contributed by atoms with Crippen molar-refractivity contribution in [1.29, 1.82) is 0 Å². The van der Waals surface area contributed by atoms with Crippen molar-refractivity contribution in [2.24, 2.45) is 0 Å². The zero-order valence-corrected chi connectivity index (χ0v) is 9.89. The van der Waals surface area contributed by atoms with Gasteiger partial charge in [0.25, 0.3) is 0 Å². The molecular formula is C13H20N2O. The van der Waals surface area contributed by atoms with E-state index in [1.807, 2.05) is 12.3 Å². The van der Waals surface area contributed by atoms with E-state index >= 15 is 0 Å². The van der Waals surface area contributed by atoms with Gasteiger partial charge in [0.2, 0.25) is 0 Å². The minimum absolute atomic E-state index is 0.259. The van der Waals surface area contributed by atoms with Gasteiger partial charge in [-0.3, -0.25) is 0 Å². The number of aliphatic hydroxyl groups is 1. The molecule has 3 heteroatoms. The Morgan fingerprint density at radius 1 is 1.50 bits per heavy atom. The van der Waals surface area contributed by atoms with Crippen molar-refractivity contribution < 1.29 is 5.11 Å². The first-order valence-electron chi connectivity index (χ1n) is 6.12. The Bertz CT molecular complexity index is 336. The fourth-order valence-corrected chi connectivity index (χ4v) is 2.18. The first kappa shape index (κ1) is 11.4. The average Bonchev–Trinajstić information content (AvgIpc) is 2.22. The minimum Gasteiger partial charge on any atom is -0.396 e. The molecule has 0 radical (unpaired) electrons. The van der Waals surface area contributed by atoms with E-state index in [4.69, 9.17) is 5.11 Å². The smallest absolute Gasteiger partial charge is 0.131 e. The zero-order valence-electron chi connectivity index (χ0n) is 9.89. The number of pyridine rings is 1. The quantitative estimate of drug-likeness (QED) is 0.826. The van der Waals surface area contributed by atoms with E-state index < -0.39 is 0 Å². The fourth-order valence-electron chi connectivity index (χ4n) is 2.18. The SMILES string of the molecule is Cc1cccnc1N(CCCO)C1CCC1. The lowest BCUT2D eigenvalue weighted by Gasteiger charge is -2.39. The Kier molecular flexibility index (Phi) is 3.78. The summed E-state index contributed by atoms with van der Waals surface area (Å²) in [6, 6.07) is 4.72. The fraction of sp³-hybridized carbons (Fsp3) is 0.615. The molecule has 0 amide bonds. The molecule has 1 aliphatic rings. The van der Waals surface area contributed by atoms with Crippen LogP contribution in [0, 0.1) is 6.92 Å². The van der Waals surface area contributed by atoms with Gasteiger partial charge in [-0.05, 0) is 44.2 Å². The molecule has 1 fully saturated rings. The van der Waals surface area contributed by atoms with E-state index in [1.54, 1.807) is 0 Å². The van der Waals surface area contributed by atoms with Gasteiger partial charge in [0.05, 0.1) is 0 Å². The molecule has 0 atom stereocenters. The summed E-state index contributed by atoms with van der Waals surface area (Å²) in [6.07, 6.45) is 6.54. The summed E-state index contributed by atoms with van der Waals surface area (Å²) >= 11 is 0. The topological polar surface area (TPSA) is 36.4 Å². The maximum Gasteiger partial charge on any atom is 0.131 e. The maximum absolute atomic E-state index is 8.96. The molecule has 1 aromatic heterocycles. The summed E-state index contributed by atoms with van der Waals surface area (Å²) < 4.78 is 0. The third-order valence-electron chi connectivity index (χ3n) is 3.33. The number of nitrogens with zero attached hydrogens (tertiary/aromatic N) is 2. The first-order chi connectivity index (χ1) is 7.83. The first-order valence-corrected chi connectivity index (χ1v) is 6.12. The lowest BCUT2D eigenvalue weighted by Crippen LogP contribution is -2.42. The van der Waals surface area contributed by atoms with Crippen LogP contribution in [0.1, 0.15) is 31.2 Å². The summed E-state index contributed by atoms with van der Waals surface area (Å²) in [6.45, 7) is 3.28. The molecule has 1 aliphatic carbocycles. The standard InChI is InChI=1S/C13H20N2O/c1-11-5-3-8-14-13(11)15(9-4-10-16)12-6-2-7-12/h3,5,8,12,16H,2,4,6-7,9-10H2,1H3. The van der Waals surface area contributed by atoms with Crippen LogP contribution in [0.3, 0.4) is 0 Å². The highest BCUT2D eigenvalue weighted by Crippen LogP contribution is 2.29. The molecule has 1 heterocycles. The third kappa shape index (κ3) is 2.35. The molecule has 0 saturated heterocycles. The Morgan fingerprint density at radius 2 is 2.31 bits per heavy atom. The van der Waals surface area contributed by atoms with Crippen molar-refractivity contribution in [3.05, 3.63) is 23.9 Å². The second-order valence-electron chi connectivity index (χ2n) is 4.50. The van der Waals surface area contributed by atoms with E-state index in [0.29, 0.717) is 6.04 Å². The van der Waals surface area contributed by atoms with Crippen molar-refractivity contribution in [2.75, 3.05) is 18.1 Å². The molecule has 0 unspecified atom stereocenters. The van der Waals surface area contributed by atoms with Crippen LogP contribution in [-0.4, -0.2) is 29.3 Å². The summed E-state index contributed by atoms with van der Waals surface area (Å²) in [4.78, 5) is 6.85. The predicted octanol–water partition coefficient (Wildman–Crippen LogP) is 2.13. The number of hydrogen-bond acceptors (Lipinski definition) is 3. The molecule has 0 bridgehead atoms. The molecule has 16 heavy (non-hydrogen) atoms. The van der Waals surface area contributed by atoms with Gasteiger partial charge in [0.1, 0.15) is 5.82 Å². The normalized spacial score (nSPS) is 15.9. The van der Waals surface area contributed by atoms with E-state index in [0.717, 1.165) is 18.8 Å². The molecular weight excluding hydrogens is 200 g/mol. The molecule has 88 valence electrons. The number of anilines is 1. The van der Waals surface area contributed by atoms with Crippen LogP contribution in [0.2, 0.25) is 0 Å². The molecule has 3 nitrogen and oxygen atoms in total. The van der Waals surface area contributed by atoms with Crippen molar-refractivity contribution in [3.63, 3.8) is 0 Å². The monoisotopic (exact) mass is 220 g/mol. The molecule has 2 rings (SSSR count).